The molecule has 1 aromatic rings. The van der Waals surface area contributed by atoms with Gasteiger partial charge in [0, 0.05) is 11.6 Å². The second-order valence-corrected chi connectivity index (χ2v) is 11.1. The number of fused-ring (bicyclic) bond motifs is 1. The molecule has 0 aromatic heterocycles. The number of esters is 1. The number of ether oxygens (including phenoxy) is 2. The summed E-state index contributed by atoms with van der Waals surface area (Å²) in [6.07, 6.45) is 13.1. The van der Waals surface area contributed by atoms with Crippen molar-refractivity contribution in [3.63, 3.8) is 0 Å². The lowest BCUT2D eigenvalue weighted by Crippen LogP contribution is -2.46. The van der Waals surface area contributed by atoms with Gasteiger partial charge in [0.15, 0.2) is 0 Å². The molecule has 184 valence electrons. The van der Waals surface area contributed by atoms with Crippen LogP contribution in [0.3, 0.4) is 0 Å². The molecule has 1 aromatic carbocycles. The predicted molar refractivity (Wildman–Crippen MR) is 136 cm³/mol. The van der Waals surface area contributed by atoms with E-state index in [-0.39, 0.29) is 12.1 Å². The number of hydrogen-bond donors (Lipinski definition) is 0. The summed E-state index contributed by atoms with van der Waals surface area (Å²) in [4.78, 5) is 17.5. The van der Waals surface area contributed by atoms with Crippen molar-refractivity contribution in [3.05, 3.63) is 29.3 Å². The van der Waals surface area contributed by atoms with Gasteiger partial charge in [-0.05, 0) is 107 Å². The molecule has 0 N–H and O–H groups in total. The molecule has 1 atom stereocenters. The fourth-order valence-corrected chi connectivity index (χ4v) is 6.56. The minimum Gasteiger partial charge on any atom is -0.497 e. The number of nitrogens with zero attached hydrogens (tertiary/aromatic N) is 2. The van der Waals surface area contributed by atoms with Crippen LogP contribution in [0, 0.1) is 0 Å². The minimum atomic E-state index is -0.196. The van der Waals surface area contributed by atoms with Crippen LogP contribution in [0.1, 0.15) is 86.2 Å². The van der Waals surface area contributed by atoms with Crippen molar-refractivity contribution in [2.45, 2.75) is 76.4 Å². The number of unbranched alkanes of at least 4 members (excludes halogenated alkanes) is 3. The van der Waals surface area contributed by atoms with E-state index in [1.807, 2.05) is 30.0 Å². The standard InChI is InChI=1S/C27H42N2O3S/c1-31-23-9-10-24-25(21-23)26(32-27(24)30)13-20-33-19-8-3-2-5-14-28-17-11-22(12-18-28)29-15-6-4-7-16-29/h9-10,21-22,26H,2-8,11-20H2,1H3. The Hall–Kier alpha value is -1.24. The lowest BCUT2D eigenvalue weighted by Gasteiger charge is -2.40. The summed E-state index contributed by atoms with van der Waals surface area (Å²) in [5, 5.41) is 0. The van der Waals surface area contributed by atoms with Gasteiger partial charge in [-0.3, -0.25) is 0 Å². The monoisotopic (exact) mass is 474 g/mol. The summed E-state index contributed by atoms with van der Waals surface area (Å²) in [6.45, 7) is 6.58. The van der Waals surface area contributed by atoms with Gasteiger partial charge >= 0.3 is 5.97 Å². The lowest BCUT2D eigenvalue weighted by molar-refractivity contribution is 0.0381. The highest BCUT2D eigenvalue weighted by atomic mass is 32.2. The molecule has 3 aliphatic heterocycles. The average Bonchev–Trinajstić information content (AvgIpc) is 3.18. The lowest BCUT2D eigenvalue weighted by atomic mass is 9.99. The van der Waals surface area contributed by atoms with Gasteiger partial charge < -0.3 is 19.3 Å². The summed E-state index contributed by atoms with van der Waals surface area (Å²) in [5.74, 6) is 2.82. The van der Waals surface area contributed by atoms with Gasteiger partial charge in [-0.2, -0.15) is 11.8 Å². The number of carbonyl (C=O) groups is 1. The minimum absolute atomic E-state index is 0.117. The van der Waals surface area contributed by atoms with E-state index in [0.717, 1.165) is 29.5 Å². The van der Waals surface area contributed by atoms with E-state index in [2.05, 4.69) is 9.80 Å². The Morgan fingerprint density at radius 3 is 2.58 bits per heavy atom. The molecule has 2 fully saturated rings. The van der Waals surface area contributed by atoms with Gasteiger partial charge in [0.25, 0.3) is 0 Å². The third kappa shape index (κ3) is 7.12. The Kier molecular flexibility index (Phi) is 9.81. The molecule has 4 rings (SSSR count). The number of carbonyl (C=O) groups excluding carboxylic acids is 1. The zero-order valence-corrected chi connectivity index (χ0v) is 21.3. The fraction of sp³-hybridized carbons (Fsp3) is 0.741. The maximum Gasteiger partial charge on any atom is 0.339 e. The molecule has 1 unspecified atom stereocenters. The highest BCUT2D eigenvalue weighted by molar-refractivity contribution is 7.99. The van der Waals surface area contributed by atoms with Crippen LogP contribution in [0.15, 0.2) is 18.2 Å². The molecule has 3 aliphatic rings. The molecular weight excluding hydrogens is 432 g/mol. The van der Waals surface area contributed by atoms with E-state index in [0.29, 0.717) is 5.56 Å². The second kappa shape index (κ2) is 13.0. The first-order valence-corrected chi connectivity index (χ1v) is 14.3. The molecule has 0 saturated carbocycles. The van der Waals surface area contributed by atoms with Gasteiger partial charge in [0.05, 0.1) is 12.7 Å². The summed E-state index contributed by atoms with van der Waals surface area (Å²) < 4.78 is 10.9. The number of likely N-dealkylation sites (tertiary alicyclic amines) is 2. The number of rotatable bonds is 12. The van der Waals surface area contributed by atoms with Gasteiger partial charge in [0.1, 0.15) is 11.9 Å². The van der Waals surface area contributed by atoms with Gasteiger partial charge in [-0.25, -0.2) is 4.79 Å². The normalized spacial score (nSPS) is 22.3. The number of thioether (sulfide) groups is 1. The topological polar surface area (TPSA) is 42.0 Å². The highest BCUT2D eigenvalue weighted by Crippen LogP contribution is 2.36. The zero-order chi connectivity index (χ0) is 22.9. The Bertz CT molecular complexity index is 745. The number of piperidine rings is 2. The van der Waals surface area contributed by atoms with Crippen molar-refractivity contribution in [3.8, 4) is 5.75 Å². The van der Waals surface area contributed by atoms with Crippen molar-refractivity contribution in [2.75, 3.05) is 51.3 Å². The molecule has 0 bridgehead atoms. The van der Waals surface area contributed by atoms with Crippen LogP contribution in [-0.4, -0.2) is 73.2 Å². The molecule has 2 saturated heterocycles. The predicted octanol–water partition coefficient (Wildman–Crippen LogP) is 5.54. The quantitative estimate of drug-likeness (QED) is 0.293. The molecule has 33 heavy (non-hydrogen) atoms. The SMILES string of the molecule is COc1ccc2c(c1)C(CCSCCCCCCN1CCC(N3CCCCC3)CC1)OC2=O. The number of benzene rings is 1. The van der Waals surface area contributed by atoms with Crippen molar-refractivity contribution >= 4 is 17.7 Å². The van der Waals surface area contributed by atoms with Crippen LogP contribution in [-0.2, 0) is 4.74 Å². The highest BCUT2D eigenvalue weighted by Gasteiger charge is 2.31. The Morgan fingerprint density at radius 1 is 1.00 bits per heavy atom. The van der Waals surface area contributed by atoms with E-state index in [4.69, 9.17) is 9.47 Å². The largest absolute Gasteiger partial charge is 0.497 e. The number of methoxy groups -OCH3 is 1. The van der Waals surface area contributed by atoms with E-state index < -0.39 is 0 Å². The summed E-state index contributed by atoms with van der Waals surface area (Å²) in [7, 11) is 1.66. The Labute approximate surface area is 204 Å². The van der Waals surface area contributed by atoms with Crippen LogP contribution >= 0.6 is 11.8 Å². The number of hydrogen-bond acceptors (Lipinski definition) is 6. The molecule has 6 heteroatoms. The van der Waals surface area contributed by atoms with E-state index in [1.54, 1.807) is 7.11 Å². The molecule has 3 heterocycles. The van der Waals surface area contributed by atoms with Crippen LogP contribution in [0.2, 0.25) is 0 Å². The maximum absolute atomic E-state index is 12.0. The Balaban J connectivity index is 1.00. The summed E-state index contributed by atoms with van der Waals surface area (Å²) in [5.41, 5.74) is 1.68. The van der Waals surface area contributed by atoms with Crippen LogP contribution in [0.4, 0.5) is 0 Å². The van der Waals surface area contributed by atoms with E-state index >= 15 is 0 Å². The van der Waals surface area contributed by atoms with Gasteiger partial charge in [0.2, 0.25) is 0 Å². The molecule has 5 nitrogen and oxygen atoms in total. The smallest absolute Gasteiger partial charge is 0.339 e. The summed E-state index contributed by atoms with van der Waals surface area (Å²) >= 11 is 1.99. The number of cyclic esters (lactones) is 1. The van der Waals surface area contributed by atoms with Gasteiger partial charge in [-0.1, -0.05) is 19.3 Å². The van der Waals surface area contributed by atoms with Crippen LogP contribution < -0.4 is 4.74 Å². The average molecular weight is 475 g/mol. The second-order valence-electron chi connectivity index (χ2n) is 9.83. The molecule has 0 radical (unpaired) electrons. The van der Waals surface area contributed by atoms with Crippen LogP contribution in [0.5, 0.6) is 5.75 Å². The molecular formula is C27H42N2O3S. The van der Waals surface area contributed by atoms with E-state index in [9.17, 15) is 4.79 Å². The third-order valence-corrected chi connectivity index (χ3v) is 8.68. The van der Waals surface area contributed by atoms with Gasteiger partial charge in [-0.15, -0.1) is 0 Å². The first kappa shape index (κ1) is 24.9. The maximum atomic E-state index is 12.0. The first-order chi connectivity index (χ1) is 16.2. The van der Waals surface area contributed by atoms with Crippen molar-refractivity contribution in [2.24, 2.45) is 0 Å². The molecule has 0 amide bonds. The van der Waals surface area contributed by atoms with Crippen LogP contribution in [0.25, 0.3) is 0 Å². The van der Waals surface area contributed by atoms with Crippen molar-refractivity contribution in [1.82, 2.24) is 9.80 Å². The summed E-state index contributed by atoms with van der Waals surface area (Å²) in [6, 6.07) is 6.46. The van der Waals surface area contributed by atoms with Crippen molar-refractivity contribution in [1.29, 1.82) is 0 Å². The molecule has 0 aliphatic carbocycles. The Morgan fingerprint density at radius 2 is 1.79 bits per heavy atom. The van der Waals surface area contributed by atoms with E-state index in [1.165, 1.54) is 96.3 Å². The van der Waals surface area contributed by atoms with Crippen molar-refractivity contribution < 1.29 is 14.3 Å². The third-order valence-electron chi connectivity index (χ3n) is 7.58. The first-order valence-electron chi connectivity index (χ1n) is 13.2. The molecule has 0 spiro atoms. The zero-order valence-electron chi connectivity index (χ0n) is 20.4. The fourth-order valence-electron chi connectivity index (χ4n) is 5.57.